The Bertz CT molecular complexity index is 516. The summed E-state index contributed by atoms with van der Waals surface area (Å²) < 4.78 is 5.42. The molecule has 1 aromatic carbocycles. The predicted molar refractivity (Wildman–Crippen MR) is 82.0 cm³/mol. The third kappa shape index (κ3) is 2.05. The van der Waals surface area contributed by atoms with E-state index in [4.69, 9.17) is 4.74 Å². The van der Waals surface area contributed by atoms with Crippen LogP contribution in [0.5, 0.6) is 0 Å². The summed E-state index contributed by atoms with van der Waals surface area (Å²) in [5, 5.41) is 0. The average Bonchev–Trinajstić information content (AvgIpc) is 3.07. The Kier molecular flexibility index (Phi) is 3.04. The Balaban J connectivity index is 1.54. The Morgan fingerprint density at radius 3 is 2.50 bits per heavy atom. The second-order valence-electron chi connectivity index (χ2n) is 6.22. The molecule has 4 rings (SSSR count). The summed E-state index contributed by atoms with van der Waals surface area (Å²) >= 11 is 0. The van der Waals surface area contributed by atoms with E-state index in [0.29, 0.717) is 6.04 Å². The summed E-state index contributed by atoms with van der Waals surface area (Å²) in [4.78, 5) is 4.91. The van der Waals surface area contributed by atoms with Crippen LogP contribution in [-0.4, -0.2) is 50.8 Å². The van der Waals surface area contributed by atoms with Crippen LogP contribution in [0.25, 0.3) is 5.57 Å². The first-order valence-electron chi connectivity index (χ1n) is 7.66. The number of nitrogens with zero attached hydrogens (tertiary/aromatic N) is 2. The molecular formula is C17H22N2O. The van der Waals surface area contributed by atoms with Gasteiger partial charge in [0, 0.05) is 31.4 Å². The number of fused-ring (bicyclic) bond motifs is 2. The van der Waals surface area contributed by atoms with Gasteiger partial charge in [0.15, 0.2) is 0 Å². The summed E-state index contributed by atoms with van der Waals surface area (Å²) in [5.41, 5.74) is 4.27. The zero-order valence-electron chi connectivity index (χ0n) is 12.1. The van der Waals surface area contributed by atoms with Crippen LogP contribution in [0.3, 0.4) is 0 Å². The maximum Gasteiger partial charge on any atom is 0.0642 e. The van der Waals surface area contributed by atoms with E-state index in [-0.39, 0.29) is 0 Å². The molecule has 2 heterocycles. The topological polar surface area (TPSA) is 15.7 Å². The summed E-state index contributed by atoms with van der Waals surface area (Å²) in [7, 11) is 2.25. The molecule has 0 spiro atoms. The summed E-state index contributed by atoms with van der Waals surface area (Å²) in [5.74, 6) is 0.777. The standard InChI is InChI=1S/C17H22N2O/c1-18-12-13-10-16(17(18)11-13)14-2-4-15(5-3-14)19-6-8-20-9-7-19/h2-5,10,13,17H,6-9,11-12H2,1H3. The molecule has 2 aliphatic heterocycles. The van der Waals surface area contributed by atoms with Crippen LogP contribution in [0.1, 0.15) is 12.0 Å². The first-order valence-corrected chi connectivity index (χ1v) is 7.66. The fourth-order valence-corrected chi connectivity index (χ4v) is 3.86. The minimum absolute atomic E-state index is 0.647. The smallest absolute Gasteiger partial charge is 0.0642 e. The van der Waals surface area contributed by atoms with Gasteiger partial charge in [0.2, 0.25) is 0 Å². The largest absolute Gasteiger partial charge is 0.378 e. The van der Waals surface area contributed by atoms with E-state index in [9.17, 15) is 0 Å². The number of ether oxygens (including phenoxy) is 1. The lowest BCUT2D eigenvalue weighted by atomic mass is 10.00. The molecule has 106 valence electrons. The molecule has 3 nitrogen and oxygen atoms in total. The van der Waals surface area contributed by atoms with E-state index in [1.54, 1.807) is 0 Å². The van der Waals surface area contributed by atoms with Crippen LogP contribution in [0.15, 0.2) is 30.3 Å². The van der Waals surface area contributed by atoms with Crippen molar-refractivity contribution in [2.24, 2.45) is 5.92 Å². The number of hydrogen-bond donors (Lipinski definition) is 0. The Morgan fingerprint density at radius 1 is 1.10 bits per heavy atom. The van der Waals surface area contributed by atoms with Gasteiger partial charge >= 0.3 is 0 Å². The Hall–Kier alpha value is -1.32. The maximum atomic E-state index is 5.42. The third-order valence-corrected chi connectivity index (χ3v) is 4.93. The molecule has 1 aromatic rings. The molecule has 0 aromatic heterocycles. The molecule has 0 saturated carbocycles. The molecule has 3 aliphatic rings. The molecule has 0 amide bonds. The first kappa shape index (κ1) is 12.4. The second kappa shape index (κ2) is 4.90. The van der Waals surface area contributed by atoms with E-state index >= 15 is 0 Å². The van der Waals surface area contributed by atoms with Crippen LogP contribution in [-0.2, 0) is 4.74 Å². The minimum Gasteiger partial charge on any atom is -0.378 e. The van der Waals surface area contributed by atoms with Gasteiger partial charge in [-0.25, -0.2) is 0 Å². The van der Waals surface area contributed by atoms with Gasteiger partial charge in [-0.3, -0.25) is 4.90 Å². The monoisotopic (exact) mass is 270 g/mol. The van der Waals surface area contributed by atoms with Crippen molar-refractivity contribution in [2.45, 2.75) is 12.5 Å². The average molecular weight is 270 g/mol. The highest BCUT2D eigenvalue weighted by Crippen LogP contribution is 2.41. The van der Waals surface area contributed by atoms with Crippen molar-refractivity contribution in [1.82, 2.24) is 4.90 Å². The molecule has 0 radical (unpaired) electrons. The quantitative estimate of drug-likeness (QED) is 0.819. The van der Waals surface area contributed by atoms with E-state index in [0.717, 1.165) is 32.2 Å². The van der Waals surface area contributed by atoms with E-state index in [2.05, 4.69) is 47.2 Å². The van der Waals surface area contributed by atoms with Crippen LogP contribution in [0.2, 0.25) is 0 Å². The molecule has 2 fully saturated rings. The van der Waals surface area contributed by atoms with Crippen molar-refractivity contribution >= 4 is 11.3 Å². The number of morpholine rings is 1. The summed E-state index contributed by atoms with van der Waals surface area (Å²) in [6.07, 6.45) is 3.81. The van der Waals surface area contributed by atoms with Crippen LogP contribution in [0.4, 0.5) is 5.69 Å². The van der Waals surface area contributed by atoms with Crippen LogP contribution in [0, 0.1) is 5.92 Å². The summed E-state index contributed by atoms with van der Waals surface area (Å²) in [6, 6.07) is 9.78. The fraction of sp³-hybridized carbons (Fsp3) is 0.529. The van der Waals surface area contributed by atoms with E-state index < -0.39 is 0 Å². The molecule has 0 N–H and O–H groups in total. The van der Waals surface area contributed by atoms with Gasteiger partial charge in [0.1, 0.15) is 0 Å². The van der Waals surface area contributed by atoms with Gasteiger partial charge < -0.3 is 9.64 Å². The number of likely N-dealkylation sites (N-methyl/N-ethyl adjacent to an activating group) is 1. The third-order valence-electron chi connectivity index (χ3n) is 4.93. The number of anilines is 1. The van der Waals surface area contributed by atoms with Crippen LogP contribution >= 0.6 is 0 Å². The molecule has 3 heteroatoms. The highest BCUT2D eigenvalue weighted by Gasteiger charge is 2.37. The van der Waals surface area contributed by atoms with Crippen molar-refractivity contribution in [3.05, 3.63) is 35.9 Å². The molecule has 1 aliphatic carbocycles. The zero-order chi connectivity index (χ0) is 13.5. The van der Waals surface area contributed by atoms with Crippen LogP contribution < -0.4 is 4.90 Å². The van der Waals surface area contributed by atoms with Crippen molar-refractivity contribution < 1.29 is 4.74 Å². The lowest BCUT2D eigenvalue weighted by Crippen LogP contribution is -2.36. The van der Waals surface area contributed by atoms with Crippen molar-refractivity contribution in [2.75, 3.05) is 44.8 Å². The highest BCUT2D eigenvalue weighted by molar-refractivity contribution is 5.74. The SMILES string of the molecule is CN1CC2C=C(c3ccc(N4CCOCC4)cc3)C1C2. The van der Waals surface area contributed by atoms with Crippen molar-refractivity contribution in [3.8, 4) is 0 Å². The predicted octanol–water partition coefficient (Wildman–Crippen LogP) is 2.24. The first-order chi connectivity index (χ1) is 9.81. The van der Waals surface area contributed by atoms with Gasteiger partial charge in [0.25, 0.3) is 0 Å². The van der Waals surface area contributed by atoms with E-state index in [1.165, 1.54) is 29.8 Å². The summed E-state index contributed by atoms with van der Waals surface area (Å²) in [6.45, 7) is 4.95. The lowest BCUT2D eigenvalue weighted by Gasteiger charge is -2.29. The Labute approximate surface area is 120 Å². The van der Waals surface area contributed by atoms with Crippen molar-refractivity contribution in [3.63, 3.8) is 0 Å². The number of hydrogen-bond acceptors (Lipinski definition) is 3. The van der Waals surface area contributed by atoms with Gasteiger partial charge in [-0.05, 0) is 42.7 Å². The molecular weight excluding hydrogens is 248 g/mol. The molecule has 2 atom stereocenters. The second-order valence-corrected chi connectivity index (χ2v) is 6.22. The molecule has 2 bridgehead atoms. The van der Waals surface area contributed by atoms with Gasteiger partial charge in [-0.15, -0.1) is 0 Å². The van der Waals surface area contributed by atoms with Crippen molar-refractivity contribution in [1.29, 1.82) is 0 Å². The lowest BCUT2D eigenvalue weighted by molar-refractivity contribution is 0.122. The zero-order valence-corrected chi connectivity index (χ0v) is 12.1. The van der Waals surface area contributed by atoms with Gasteiger partial charge in [-0.1, -0.05) is 18.2 Å². The minimum atomic E-state index is 0.647. The molecule has 2 saturated heterocycles. The number of benzene rings is 1. The fourth-order valence-electron chi connectivity index (χ4n) is 3.86. The molecule has 2 unspecified atom stereocenters. The molecule has 20 heavy (non-hydrogen) atoms. The van der Waals surface area contributed by atoms with E-state index in [1.807, 2.05) is 0 Å². The number of likely N-dealkylation sites (tertiary alicyclic amines) is 1. The van der Waals surface area contributed by atoms with Gasteiger partial charge in [-0.2, -0.15) is 0 Å². The maximum absolute atomic E-state index is 5.42. The normalized spacial score (nSPS) is 29.9. The number of rotatable bonds is 2. The Morgan fingerprint density at radius 2 is 1.85 bits per heavy atom. The van der Waals surface area contributed by atoms with Gasteiger partial charge in [0.05, 0.1) is 13.2 Å². The highest BCUT2D eigenvalue weighted by atomic mass is 16.5.